The Balaban J connectivity index is 1.77. The second-order valence-corrected chi connectivity index (χ2v) is 6.27. The van der Waals surface area contributed by atoms with Crippen LogP contribution in [0.2, 0.25) is 0 Å². The van der Waals surface area contributed by atoms with E-state index in [4.69, 9.17) is 5.11 Å². The molecule has 1 aliphatic heterocycles. The molecule has 0 aromatic rings. The van der Waals surface area contributed by atoms with Crippen molar-refractivity contribution in [3.05, 3.63) is 0 Å². The Hall–Kier alpha value is -1.26. The second kappa shape index (κ2) is 6.95. The van der Waals surface area contributed by atoms with Gasteiger partial charge in [0.25, 0.3) is 0 Å². The number of carboxylic acid groups (broad SMARTS) is 1. The van der Waals surface area contributed by atoms with Crippen molar-refractivity contribution in [2.45, 2.75) is 44.9 Å². The predicted molar refractivity (Wildman–Crippen MR) is 76.5 cm³/mol. The number of piperidine rings is 1. The molecule has 0 aromatic carbocycles. The Morgan fingerprint density at radius 2 is 1.70 bits per heavy atom. The second-order valence-electron chi connectivity index (χ2n) is 6.27. The van der Waals surface area contributed by atoms with E-state index in [2.05, 4.69) is 0 Å². The fraction of sp³-hybridized carbons (Fsp3) is 0.867. The van der Waals surface area contributed by atoms with Crippen molar-refractivity contribution >= 4 is 12.0 Å². The third-order valence-electron chi connectivity index (χ3n) is 4.70. The molecule has 2 fully saturated rings. The quantitative estimate of drug-likeness (QED) is 0.864. The largest absolute Gasteiger partial charge is 0.481 e. The third kappa shape index (κ3) is 3.87. The molecule has 2 aliphatic rings. The number of hydrogen-bond acceptors (Lipinski definition) is 2. The van der Waals surface area contributed by atoms with Gasteiger partial charge in [0.05, 0.1) is 5.92 Å². The number of amides is 2. The number of likely N-dealkylation sites (tertiary alicyclic amines) is 1. The van der Waals surface area contributed by atoms with Gasteiger partial charge in [-0.1, -0.05) is 19.3 Å². The molecule has 1 saturated heterocycles. The summed E-state index contributed by atoms with van der Waals surface area (Å²) < 4.78 is 0. The Bertz CT molecular complexity index is 345. The summed E-state index contributed by atoms with van der Waals surface area (Å²) in [5, 5.41) is 8.97. The molecule has 5 heteroatoms. The highest BCUT2D eigenvalue weighted by Gasteiger charge is 2.29. The van der Waals surface area contributed by atoms with E-state index >= 15 is 0 Å². The molecule has 0 aromatic heterocycles. The zero-order valence-electron chi connectivity index (χ0n) is 12.4. The number of carbonyl (C=O) groups is 2. The van der Waals surface area contributed by atoms with E-state index in [-0.39, 0.29) is 11.9 Å². The molecule has 0 atom stereocenters. The topological polar surface area (TPSA) is 60.9 Å². The van der Waals surface area contributed by atoms with Gasteiger partial charge in [0.2, 0.25) is 0 Å². The molecule has 20 heavy (non-hydrogen) atoms. The molecular weight excluding hydrogens is 256 g/mol. The molecule has 114 valence electrons. The van der Waals surface area contributed by atoms with Crippen LogP contribution < -0.4 is 0 Å². The monoisotopic (exact) mass is 282 g/mol. The Morgan fingerprint density at radius 1 is 1.10 bits per heavy atom. The first-order chi connectivity index (χ1) is 9.58. The number of carboxylic acids is 1. The van der Waals surface area contributed by atoms with Crippen LogP contribution in [0.4, 0.5) is 4.79 Å². The van der Waals surface area contributed by atoms with Gasteiger partial charge in [-0.05, 0) is 31.6 Å². The Labute approximate surface area is 120 Å². The summed E-state index contributed by atoms with van der Waals surface area (Å²) in [4.78, 5) is 26.9. The average molecular weight is 282 g/mol. The van der Waals surface area contributed by atoms with Gasteiger partial charge in [-0.2, -0.15) is 0 Å². The minimum absolute atomic E-state index is 0.0689. The van der Waals surface area contributed by atoms with Crippen molar-refractivity contribution in [3.8, 4) is 0 Å². The van der Waals surface area contributed by atoms with Crippen LogP contribution in [0.3, 0.4) is 0 Å². The maximum absolute atomic E-state index is 12.4. The van der Waals surface area contributed by atoms with Crippen LogP contribution in [-0.4, -0.2) is 53.6 Å². The first-order valence-corrected chi connectivity index (χ1v) is 7.80. The minimum atomic E-state index is -0.729. The van der Waals surface area contributed by atoms with Gasteiger partial charge < -0.3 is 14.9 Å². The van der Waals surface area contributed by atoms with Crippen LogP contribution in [-0.2, 0) is 4.79 Å². The summed E-state index contributed by atoms with van der Waals surface area (Å²) in [7, 11) is 1.88. The van der Waals surface area contributed by atoms with Crippen LogP contribution in [0.25, 0.3) is 0 Å². The van der Waals surface area contributed by atoms with Crippen LogP contribution >= 0.6 is 0 Å². The van der Waals surface area contributed by atoms with Gasteiger partial charge in [0.1, 0.15) is 0 Å². The first kappa shape index (κ1) is 15.1. The minimum Gasteiger partial charge on any atom is -0.481 e. The summed E-state index contributed by atoms with van der Waals surface area (Å²) in [5.41, 5.74) is 0. The molecular formula is C15H26N2O3. The van der Waals surface area contributed by atoms with Crippen LogP contribution in [0.1, 0.15) is 44.9 Å². The zero-order chi connectivity index (χ0) is 14.5. The predicted octanol–water partition coefficient (Wildman–Crippen LogP) is 2.42. The number of hydrogen-bond donors (Lipinski definition) is 1. The normalized spacial score (nSPS) is 21.8. The van der Waals surface area contributed by atoms with E-state index < -0.39 is 5.97 Å². The molecule has 2 rings (SSSR count). The molecule has 1 aliphatic carbocycles. The van der Waals surface area contributed by atoms with E-state index in [1.165, 1.54) is 32.1 Å². The standard InChI is InChI=1S/C15H26N2O3/c1-16(11-12-5-3-2-4-6-12)15(20)17-9-7-13(8-10-17)14(18)19/h12-13H,2-11H2,1H3,(H,18,19). The molecule has 2 amide bonds. The maximum Gasteiger partial charge on any atom is 0.319 e. The molecule has 0 unspecified atom stereocenters. The van der Waals surface area contributed by atoms with Crippen LogP contribution in [0.15, 0.2) is 0 Å². The Kier molecular flexibility index (Phi) is 5.26. The summed E-state index contributed by atoms with van der Waals surface area (Å²) in [6.07, 6.45) is 7.54. The van der Waals surface area contributed by atoms with E-state index in [1.807, 2.05) is 16.8 Å². The zero-order valence-corrected chi connectivity index (χ0v) is 12.4. The fourth-order valence-corrected chi connectivity index (χ4v) is 3.39. The molecule has 1 N–H and O–H groups in total. The number of urea groups is 1. The molecule has 0 bridgehead atoms. The SMILES string of the molecule is CN(CC1CCCCC1)C(=O)N1CCC(C(=O)O)CC1. The Morgan fingerprint density at radius 3 is 2.25 bits per heavy atom. The van der Waals surface area contributed by atoms with Crippen LogP contribution in [0, 0.1) is 11.8 Å². The van der Waals surface area contributed by atoms with Crippen molar-refractivity contribution in [1.29, 1.82) is 0 Å². The summed E-state index contributed by atoms with van der Waals surface area (Å²) in [6, 6.07) is 0.0689. The van der Waals surface area contributed by atoms with E-state index in [9.17, 15) is 9.59 Å². The lowest BCUT2D eigenvalue weighted by atomic mass is 9.89. The molecule has 0 radical (unpaired) electrons. The number of aliphatic carboxylic acids is 1. The van der Waals surface area contributed by atoms with Gasteiger partial charge >= 0.3 is 12.0 Å². The van der Waals surface area contributed by atoms with Gasteiger partial charge in [-0.15, -0.1) is 0 Å². The van der Waals surface area contributed by atoms with E-state index in [1.54, 1.807) is 0 Å². The van der Waals surface area contributed by atoms with Crippen molar-refractivity contribution < 1.29 is 14.7 Å². The number of rotatable bonds is 3. The lowest BCUT2D eigenvalue weighted by Gasteiger charge is -2.35. The molecule has 1 heterocycles. The summed E-state index contributed by atoms with van der Waals surface area (Å²) in [6.45, 7) is 1.99. The van der Waals surface area contributed by atoms with Crippen molar-refractivity contribution in [2.75, 3.05) is 26.7 Å². The van der Waals surface area contributed by atoms with Crippen molar-refractivity contribution in [1.82, 2.24) is 9.80 Å². The number of nitrogens with zero attached hydrogens (tertiary/aromatic N) is 2. The number of carbonyl (C=O) groups excluding carboxylic acids is 1. The highest BCUT2D eigenvalue weighted by molar-refractivity contribution is 5.75. The lowest BCUT2D eigenvalue weighted by Crippen LogP contribution is -2.47. The highest BCUT2D eigenvalue weighted by Crippen LogP contribution is 2.25. The van der Waals surface area contributed by atoms with Gasteiger partial charge in [0, 0.05) is 26.7 Å². The van der Waals surface area contributed by atoms with Gasteiger partial charge in [-0.25, -0.2) is 4.79 Å². The first-order valence-electron chi connectivity index (χ1n) is 7.80. The average Bonchev–Trinajstić information content (AvgIpc) is 2.47. The van der Waals surface area contributed by atoms with E-state index in [0.29, 0.717) is 31.8 Å². The van der Waals surface area contributed by atoms with E-state index in [0.717, 1.165) is 6.54 Å². The fourth-order valence-electron chi connectivity index (χ4n) is 3.39. The van der Waals surface area contributed by atoms with Gasteiger partial charge in [0.15, 0.2) is 0 Å². The highest BCUT2D eigenvalue weighted by atomic mass is 16.4. The maximum atomic E-state index is 12.4. The van der Waals surface area contributed by atoms with Crippen molar-refractivity contribution in [3.63, 3.8) is 0 Å². The smallest absolute Gasteiger partial charge is 0.319 e. The summed E-state index contributed by atoms with van der Waals surface area (Å²) in [5.74, 6) is -0.357. The van der Waals surface area contributed by atoms with Crippen molar-refractivity contribution in [2.24, 2.45) is 11.8 Å². The molecule has 5 nitrogen and oxygen atoms in total. The van der Waals surface area contributed by atoms with Gasteiger partial charge in [-0.3, -0.25) is 4.79 Å². The van der Waals surface area contributed by atoms with Crippen LogP contribution in [0.5, 0.6) is 0 Å². The third-order valence-corrected chi connectivity index (χ3v) is 4.70. The summed E-state index contributed by atoms with van der Waals surface area (Å²) >= 11 is 0. The molecule has 1 saturated carbocycles. The molecule has 0 spiro atoms. The lowest BCUT2D eigenvalue weighted by molar-refractivity contribution is -0.143.